The topological polar surface area (TPSA) is 38.5 Å². The summed E-state index contributed by atoms with van der Waals surface area (Å²) >= 11 is 5.56. The molecular weight excluding hydrogens is 256 g/mol. The van der Waals surface area contributed by atoms with Crippen molar-refractivity contribution in [2.75, 3.05) is 0 Å². The molecule has 106 valence electrons. The lowest BCUT2D eigenvalue weighted by atomic mass is 9.95. The predicted molar refractivity (Wildman–Crippen MR) is 82.1 cm³/mol. The molecule has 0 aliphatic rings. The summed E-state index contributed by atoms with van der Waals surface area (Å²) in [4.78, 5) is 3.37. The van der Waals surface area contributed by atoms with Crippen LogP contribution in [0.2, 0.25) is 0 Å². The summed E-state index contributed by atoms with van der Waals surface area (Å²) in [5.74, 6) is 0. The van der Waals surface area contributed by atoms with Gasteiger partial charge in [-0.3, -0.25) is 9.25 Å². The third-order valence-corrected chi connectivity index (χ3v) is 4.57. The number of nitrogens with one attached hydrogen (secondary N) is 1. The maximum atomic E-state index is 5.56. The lowest BCUT2D eigenvalue weighted by molar-refractivity contribution is 0.295. The number of aromatic amines is 1. The Morgan fingerprint density at radius 1 is 1.26 bits per heavy atom. The van der Waals surface area contributed by atoms with Crippen LogP contribution in [0.1, 0.15) is 52.7 Å². The van der Waals surface area contributed by atoms with Gasteiger partial charge in [-0.1, -0.05) is 27.2 Å². The van der Waals surface area contributed by atoms with E-state index in [-0.39, 0.29) is 5.54 Å². The molecule has 19 heavy (non-hydrogen) atoms. The van der Waals surface area contributed by atoms with E-state index in [0.717, 1.165) is 47.3 Å². The summed E-state index contributed by atoms with van der Waals surface area (Å²) in [6.45, 7) is 8.87. The first-order chi connectivity index (χ1) is 8.98. The Kier molecular flexibility index (Phi) is 3.85. The largest absolute Gasteiger partial charge is 0.328 e. The molecule has 0 fully saturated rings. The average molecular weight is 280 g/mol. The van der Waals surface area contributed by atoms with Crippen LogP contribution in [0.4, 0.5) is 0 Å². The van der Waals surface area contributed by atoms with E-state index in [9.17, 15) is 0 Å². The van der Waals surface area contributed by atoms with E-state index in [0.29, 0.717) is 0 Å². The molecule has 0 aliphatic carbocycles. The van der Waals surface area contributed by atoms with Crippen LogP contribution in [-0.4, -0.2) is 19.3 Å². The first-order valence-corrected chi connectivity index (χ1v) is 7.56. The molecule has 0 aliphatic heterocycles. The summed E-state index contributed by atoms with van der Waals surface area (Å²) in [7, 11) is 2.01. The van der Waals surface area contributed by atoms with Crippen molar-refractivity contribution in [1.29, 1.82) is 0 Å². The van der Waals surface area contributed by atoms with Crippen molar-refractivity contribution >= 4 is 23.4 Å². The van der Waals surface area contributed by atoms with E-state index in [4.69, 9.17) is 12.2 Å². The molecule has 0 bridgehead atoms. The second-order valence-electron chi connectivity index (χ2n) is 5.49. The van der Waals surface area contributed by atoms with Gasteiger partial charge < -0.3 is 4.98 Å². The number of imidazole rings is 1. The highest BCUT2D eigenvalue weighted by Crippen LogP contribution is 2.30. The molecule has 1 N–H and O–H groups in total. The van der Waals surface area contributed by atoms with Crippen LogP contribution in [0.3, 0.4) is 0 Å². The number of H-pyrrole nitrogens is 1. The van der Waals surface area contributed by atoms with Crippen LogP contribution < -0.4 is 0 Å². The fourth-order valence-electron chi connectivity index (χ4n) is 2.69. The van der Waals surface area contributed by atoms with E-state index in [1.807, 2.05) is 11.7 Å². The van der Waals surface area contributed by atoms with E-state index < -0.39 is 0 Å². The molecule has 2 aromatic heterocycles. The van der Waals surface area contributed by atoms with Crippen LogP contribution >= 0.6 is 12.2 Å². The van der Waals surface area contributed by atoms with Crippen LogP contribution in [0.25, 0.3) is 11.2 Å². The van der Waals surface area contributed by atoms with Crippen molar-refractivity contribution < 1.29 is 0 Å². The fraction of sp³-hybridized carbons (Fsp3) is 0.714. The molecule has 0 atom stereocenters. The van der Waals surface area contributed by atoms with Gasteiger partial charge in [-0.2, -0.15) is 5.10 Å². The lowest BCUT2D eigenvalue weighted by Crippen LogP contribution is -2.29. The maximum absolute atomic E-state index is 5.56. The Balaban J connectivity index is 2.75. The zero-order valence-corrected chi connectivity index (χ0v) is 13.4. The molecule has 0 saturated heterocycles. The molecule has 0 spiro atoms. The van der Waals surface area contributed by atoms with Crippen LogP contribution in [0.5, 0.6) is 0 Å². The van der Waals surface area contributed by atoms with Gasteiger partial charge in [0.25, 0.3) is 0 Å². The summed E-state index contributed by atoms with van der Waals surface area (Å²) in [6.07, 6.45) is 4.19. The maximum Gasteiger partial charge on any atom is 0.179 e. The van der Waals surface area contributed by atoms with Gasteiger partial charge >= 0.3 is 0 Å². The van der Waals surface area contributed by atoms with Crippen LogP contribution in [0, 0.1) is 4.77 Å². The number of hydrogen-bond donors (Lipinski definition) is 1. The Morgan fingerprint density at radius 2 is 1.89 bits per heavy atom. The molecule has 2 aromatic rings. The van der Waals surface area contributed by atoms with E-state index >= 15 is 0 Å². The van der Waals surface area contributed by atoms with Crippen molar-refractivity contribution in [3.8, 4) is 0 Å². The Bertz CT molecular complexity index is 628. The highest BCUT2D eigenvalue weighted by atomic mass is 32.1. The van der Waals surface area contributed by atoms with Gasteiger partial charge in [-0.05, 0) is 38.4 Å². The normalized spacial score (nSPS) is 12.5. The van der Waals surface area contributed by atoms with Crippen molar-refractivity contribution in [2.45, 2.75) is 58.9 Å². The highest BCUT2D eigenvalue weighted by Gasteiger charge is 2.27. The van der Waals surface area contributed by atoms with Crippen molar-refractivity contribution in [2.24, 2.45) is 7.05 Å². The molecule has 0 aromatic carbocycles. The van der Waals surface area contributed by atoms with Crippen LogP contribution in [0.15, 0.2) is 0 Å². The summed E-state index contributed by atoms with van der Waals surface area (Å²) in [5, 5.41) is 4.64. The van der Waals surface area contributed by atoms with E-state index in [2.05, 4.69) is 42.3 Å². The molecule has 0 radical (unpaired) electrons. The Labute approximate surface area is 119 Å². The van der Waals surface area contributed by atoms with Gasteiger partial charge in [0.05, 0.1) is 5.69 Å². The number of rotatable bonds is 5. The van der Waals surface area contributed by atoms with Crippen molar-refractivity contribution in [3.63, 3.8) is 0 Å². The second kappa shape index (κ2) is 5.12. The molecule has 5 heteroatoms. The average Bonchev–Trinajstić information content (AvgIpc) is 2.88. The lowest BCUT2D eigenvalue weighted by Gasteiger charge is -2.29. The van der Waals surface area contributed by atoms with Crippen molar-refractivity contribution in [3.05, 3.63) is 10.5 Å². The number of fused-ring (bicyclic) bond motifs is 1. The third-order valence-electron chi connectivity index (χ3n) is 4.29. The molecule has 0 unspecified atom stereocenters. The van der Waals surface area contributed by atoms with Crippen LogP contribution in [-0.2, 0) is 19.0 Å². The summed E-state index contributed by atoms with van der Waals surface area (Å²) in [5.41, 5.74) is 3.41. The van der Waals surface area contributed by atoms with E-state index in [1.165, 1.54) is 0 Å². The first-order valence-electron chi connectivity index (χ1n) is 7.15. The predicted octanol–water partition coefficient (Wildman–Crippen LogP) is 3.92. The first kappa shape index (κ1) is 14.3. The molecule has 4 nitrogen and oxygen atoms in total. The quantitative estimate of drug-likeness (QED) is 0.843. The molecular formula is C14H24N4S. The number of hydrogen-bond acceptors (Lipinski definition) is 2. The molecule has 2 heterocycles. The number of nitrogens with zero attached hydrogens (tertiary/aromatic N) is 3. The third kappa shape index (κ3) is 2.14. The Hall–Kier alpha value is -1.10. The van der Waals surface area contributed by atoms with Gasteiger partial charge in [-0.15, -0.1) is 0 Å². The molecule has 2 rings (SSSR count). The van der Waals surface area contributed by atoms with Gasteiger partial charge in [0.1, 0.15) is 5.52 Å². The van der Waals surface area contributed by atoms with Gasteiger partial charge in [-0.25, -0.2) is 0 Å². The van der Waals surface area contributed by atoms with Gasteiger partial charge in [0.2, 0.25) is 0 Å². The Morgan fingerprint density at radius 3 is 2.42 bits per heavy atom. The minimum Gasteiger partial charge on any atom is -0.328 e. The SMILES string of the molecule is CCCc1nn(C)c2c1[nH]c(=S)n2C(C)(CC)CC. The molecule has 0 saturated carbocycles. The smallest absolute Gasteiger partial charge is 0.179 e. The second-order valence-corrected chi connectivity index (χ2v) is 5.88. The monoisotopic (exact) mass is 280 g/mol. The zero-order chi connectivity index (χ0) is 14.2. The van der Waals surface area contributed by atoms with Gasteiger partial charge in [0.15, 0.2) is 10.4 Å². The van der Waals surface area contributed by atoms with Crippen molar-refractivity contribution in [1.82, 2.24) is 19.3 Å². The standard InChI is InChI=1S/C14H24N4S/c1-6-9-10-11-12(17(5)16-10)18(13(19)15-11)14(4,7-2)8-3/h6-9H2,1-5H3,(H,15,19). The number of aryl methyl sites for hydroxylation is 2. The molecule has 0 amide bonds. The highest BCUT2D eigenvalue weighted by molar-refractivity contribution is 7.71. The summed E-state index contributed by atoms with van der Waals surface area (Å²) < 4.78 is 5.03. The summed E-state index contributed by atoms with van der Waals surface area (Å²) in [6, 6.07) is 0. The van der Waals surface area contributed by atoms with Gasteiger partial charge in [0, 0.05) is 12.6 Å². The minimum atomic E-state index is 0.0482. The number of aromatic nitrogens is 4. The van der Waals surface area contributed by atoms with E-state index in [1.54, 1.807) is 0 Å². The fourth-order valence-corrected chi connectivity index (χ4v) is 3.10. The minimum absolute atomic E-state index is 0.0482. The zero-order valence-electron chi connectivity index (χ0n) is 12.6.